The van der Waals surface area contributed by atoms with Crippen LogP contribution in [-0.4, -0.2) is 19.1 Å². The molecular formula is C55H33N7. The molecule has 0 amide bonds. The maximum absolute atomic E-state index is 9.64. The van der Waals surface area contributed by atoms with Crippen LogP contribution in [0.5, 0.6) is 0 Å². The Kier molecular flexibility index (Phi) is 8.64. The first kappa shape index (κ1) is 36.3. The summed E-state index contributed by atoms with van der Waals surface area (Å²) in [6.07, 6.45) is 6.62. The fraction of sp³-hybridized carbons (Fsp3) is 0.0364. The topological polar surface area (TPSA) is 107 Å². The summed E-state index contributed by atoms with van der Waals surface area (Å²) in [5.74, 6) is 0.524. The van der Waals surface area contributed by atoms with Crippen molar-refractivity contribution in [2.75, 3.05) is 0 Å². The number of benzene rings is 7. The van der Waals surface area contributed by atoms with Gasteiger partial charge in [0, 0.05) is 38.7 Å². The molecule has 288 valence electrons. The van der Waals surface area contributed by atoms with E-state index in [-0.39, 0.29) is 0 Å². The molecule has 3 heterocycles. The summed E-state index contributed by atoms with van der Waals surface area (Å²) < 4.78 is 4.54. The van der Waals surface area contributed by atoms with Crippen LogP contribution in [0.2, 0.25) is 0 Å². The molecule has 0 saturated carbocycles. The molecule has 11 rings (SSSR count). The molecule has 0 N–H and O–H groups in total. The molecule has 3 aromatic heterocycles. The van der Waals surface area contributed by atoms with Gasteiger partial charge in [-0.25, -0.2) is 9.97 Å². The van der Waals surface area contributed by atoms with Gasteiger partial charge in [0.05, 0.1) is 50.7 Å². The first-order chi connectivity index (χ1) is 30.6. The number of para-hydroxylation sites is 2. The molecule has 0 spiro atoms. The van der Waals surface area contributed by atoms with E-state index in [9.17, 15) is 15.8 Å². The summed E-state index contributed by atoms with van der Waals surface area (Å²) in [4.78, 5) is 10.5. The normalized spacial score (nSPS) is 12.0. The standard InChI is InChI=1S/C55H33N7/c56-32-35-14-16-37(17-15-35)49-31-50(38-20-18-36(19-21-38)39-22-23-42(33-57)43(28-39)34-58)60-55(59-49)62-52-13-7-5-11-46(52)48-29-40(25-27-53(48)62)41-24-26-47-45-10-4-6-12-51(45)61(54(47)30-41)44-8-2-1-3-9-44/h1-3,5-9,11-31H,4,10H2. The quantitative estimate of drug-likeness (QED) is 0.167. The number of hydrogen-bond donors (Lipinski definition) is 0. The van der Waals surface area contributed by atoms with Crippen molar-refractivity contribution in [3.8, 4) is 74.6 Å². The van der Waals surface area contributed by atoms with Crippen molar-refractivity contribution in [3.05, 3.63) is 198 Å². The minimum absolute atomic E-state index is 0.343. The Morgan fingerprint density at radius 1 is 0.452 bits per heavy atom. The highest BCUT2D eigenvalue weighted by molar-refractivity contribution is 6.10. The number of aryl methyl sites for hydroxylation is 1. The second kappa shape index (κ2) is 14.8. The molecular weight excluding hydrogens is 759 g/mol. The number of rotatable bonds is 6. The van der Waals surface area contributed by atoms with Gasteiger partial charge in [-0.3, -0.25) is 4.57 Å². The van der Waals surface area contributed by atoms with E-state index in [1.165, 1.54) is 22.2 Å². The molecule has 1 aliphatic carbocycles. The van der Waals surface area contributed by atoms with Gasteiger partial charge in [0.1, 0.15) is 12.1 Å². The highest BCUT2D eigenvalue weighted by atomic mass is 15.2. The molecule has 10 aromatic rings. The van der Waals surface area contributed by atoms with Gasteiger partial charge in [-0.05, 0) is 113 Å². The van der Waals surface area contributed by atoms with Crippen molar-refractivity contribution >= 4 is 38.8 Å². The van der Waals surface area contributed by atoms with Crippen LogP contribution < -0.4 is 0 Å². The summed E-state index contributed by atoms with van der Waals surface area (Å²) in [6, 6.07) is 61.8. The average Bonchev–Trinajstić information content (AvgIpc) is 3.86. The number of nitrogens with zero attached hydrogens (tertiary/aromatic N) is 7. The zero-order valence-electron chi connectivity index (χ0n) is 33.3. The third kappa shape index (κ3) is 6.03. The van der Waals surface area contributed by atoms with E-state index >= 15 is 0 Å². The van der Waals surface area contributed by atoms with Gasteiger partial charge in [-0.2, -0.15) is 15.8 Å². The minimum Gasteiger partial charge on any atom is -0.310 e. The molecule has 0 fully saturated rings. The maximum Gasteiger partial charge on any atom is 0.235 e. The molecule has 0 unspecified atom stereocenters. The molecule has 7 heteroatoms. The van der Waals surface area contributed by atoms with Crippen LogP contribution in [-0.2, 0) is 6.42 Å². The predicted octanol–water partition coefficient (Wildman–Crippen LogP) is 12.8. The van der Waals surface area contributed by atoms with Crippen LogP contribution in [0.1, 0.15) is 34.4 Å². The van der Waals surface area contributed by atoms with Gasteiger partial charge in [0.25, 0.3) is 0 Å². The van der Waals surface area contributed by atoms with Gasteiger partial charge >= 0.3 is 0 Å². The molecule has 7 nitrogen and oxygen atoms in total. The Morgan fingerprint density at radius 2 is 1.08 bits per heavy atom. The van der Waals surface area contributed by atoms with Crippen molar-refractivity contribution in [1.29, 1.82) is 15.8 Å². The van der Waals surface area contributed by atoms with Gasteiger partial charge in [-0.15, -0.1) is 0 Å². The van der Waals surface area contributed by atoms with Crippen molar-refractivity contribution in [1.82, 2.24) is 19.1 Å². The molecule has 62 heavy (non-hydrogen) atoms. The monoisotopic (exact) mass is 791 g/mol. The van der Waals surface area contributed by atoms with Crippen LogP contribution in [0.15, 0.2) is 170 Å². The first-order valence-electron chi connectivity index (χ1n) is 20.5. The lowest BCUT2D eigenvalue weighted by Crippen LogP contribution is -2.04. The molecule has 0 radical (unpaired) electrons. The lowest BCUT2D eigenvalue weighted by Gasteiger charge is -2.13. The SMILES string of the molecule is N#Cc1ccc(-c2cc(-c3ccc(-c4ccc(C#N)c(C#N)c4)cc3)nc(-n3c4ccccc4c4cc(-c5ccc6c7c(n(-c8ccccc8)c6c5)C=CCC7)ccc43)n2)cc1. The van der Waals surface area contributed by atoms with Crippen molar-refractivity contribution < 1.29 is 0 Å². The Hall–Kier alpha value is -8.83. The Labute approximate surface area is 357 Å². The third-order valence-electron chi connectivity index (χ3n) is 12.0. The van der Waals surface area contributed by atoms with Gasteiger partial charge in [0.2, 0.25) is 5.95 Å². The van der Waals surface area contributed by atoms with Crippen molar-refractivity contribution in [3.63, 3.8) is 0 Å². The zero-order valence-corrected chi connectivity index (χ0v) is 33.3. The van der Waals surface area contributed by atoms with E-state index in [1.807, 2.05) is 54.6 Å². The first-order valence-corrected chi connectivity index (χ1v) is 20.5. The summed E-state index contributed by atoms with van der Waals surface area (Å²) >= 11 is 0. The Morgan fingerprint density at radius 3 is 1.84 bits per heavy atom. The fourth-order valence-electron chi connectivity index (χ4n) is 8.93. The molecule has 0 saturated heterocycles. The summed E-state index contributed by atoms with van der Waals surface area (Å²) in [5, 5.41) is 32.1. The maximum atomic E-state index is 9.64. The second-order valence-electron chi connectivity index (χ2n) is 15.5. The lowest BCUT2D eigenvalue weighted by atomic mass is 9.98. The van der Waals surface area contributed by atoms with E-state index < -0.39 is 0 Å². The molecule has 1 aliphatic rings. The predicted molar refractivity (Wildman–Crippen MR) is 246 cm³/mol. The number of allylic oxidation sites excluding steroid dienone is 1. The van der Waals surface area contributed by atoms with Crippen LogP contribution >= 0.6 is 0 Å². The van der Waals surface area contributed by atoms with Crippen molar-refractivity contribution in [2.24, 2.45) is 0 Å². The summed E-state index contributed by atoms with van der Waals surface area (Å²) in [7, 11) is 0. The van der Waals surface area contributed by atoms with Crippen LogP contribution in [0.4, 0.5) is 0 Å². The van der Waals surface area contributed by atoms with Crippen LogP contribution in [0.3, 0.4) is 0 Å². The summed E-state index contributed by atoms with van der Waals surface area (Å²) in [5.41, 5.74) is 15.5. The van der Waals surface area contributed by atoms with Gasteiger partial charge in [0.15, 0.2) is 0 Å². The third-order valence-corrected chi connectivity index (χ3v) is 12.0. The van der Waals surface area contributed by atoms with E-state index in [2.05, 4.69) is 124 Å². The smallest absolute Gasteiger partial charge is 0.235 e. The largest absolute Gasteiger partial charge is 0.310 e. The molecule has 0 aliphatic heterocycles. The van der Waals surface area contributed by atoms with E-state index in [1.54, 1.807) is 24.3 Å². The minimum atomic E-state index is 0.343. The fourth-order valence-corrected chi connectivity index (χ4v) is 8.93. The van der Waals surface area contributed by atoms with Crippen LogP contribution in [0.25, 0.3) is 95.2 Å². The number of nitriles is 3. The van der Waals surface area contributed by atoms with Crippen molar-refractivity contribution in [2.45, 2.75) is 12.8 Å². The highest BCUT2D eigenvalue weighted by Gasteiger charge is 2.21. The van der Waals surface area contributed by atoms with E-state index in [4.69, 9.17) is 9.97 Å². The zero-order chi connectivity index (χ0) is 41.7. The Bertz CT molecular complexity index is 3590. The average molecular weight is 792 g/mol. The lowest BCUT2D eigenvalue weighted by molar-refractivity contribution is 0.967. The second-order valence-corrected chi connectivity index (χ2v) is 15.5. The van der Waals surface area contributed by atoms with E-state index in [0.717, 1.165) is 85.1 Å². The summed E-state index contributed by atoms with van der Waals surface area (Å²) in [6.45, 7) is 0. The number of aromatic nitrogens is 4. The molecule has 0 bridgehead atoms. The van der Waals surface area contributed by atoms with Gasteiger partial charge in [-0.1, -0.05) is 103 Å². The molecule has 0 atom stereocenters. The van der Waals surface area contributed by atoms with Gasteiger partial charge < -0.3 is 4.57 Å². The van der Waals surface area contributed by atoms with Crippen LogP contribution in [0, 0.1) is 34.0 Å². The molecule has 7 aromatic carbocycles. The Balaban J connectivity index is 1.06. The highest BCUT2D eigenvalue weighted by Crippen LogP contribution is 2.39. The number of fused-ring (bicyclic) bond motifs is 6. The number of hydrogen-bond acceptors (Lipinski definition) is 5. The van der Waals surface area contributed by atoms with E-state index in [0.29, 0.717) is 22.6 Å².